The Bertz CT molecular complexity index is 478. The van der Waals surface area contributed by atoms with Crippen LogP contribution in [0.2, 0.25) is 0 Å². The third kappa shape index (κ3) is 3.46. The minimum atomic E-state index is -0.833. The zero-order chi connectivity index (χ0) is 14.5. The van der Waals surface area contributed by atoms with Crippen LogP contribution in [0.25, 0.3) is 0 Å². The molecule has 0 saturated carbocycles. The van der Waals surface area contributed by atoms with Gasteiger partial charge in [-0.3, -0.25) is 9.78 Å². The first kappa shape index (κ1) is 14.3. The predicted octanol–water partition coefficient (Wildman–Crippen LogP) is 1.65. The molecule has 2 N–H and O–H groups in total. The number of carboxylic acids is 1. The number of carboxylic acid groups (broad SMARTS) is 1. The van der Waals surface area contributed by atoms with E-state index in [1.807, 2.05) is 25.1 Å². The standard InChI is InChI=1S/C14H19N3O3/c1-10(12-6-2-3-7-15-12)16-14(20)17-8-4-5-11(9-17)13(18)19/h2-3,6-7,10-11H,4-5,8-9H2,1H3,(H,16,20)(H,18,19)/t10?,11-/m1/s1. The SMILES string of the molecule is CC(NC(=O)N1CCC[C@@H](C(=O)O)C1)c1ccccn1. The molecule has 1 saturated heterocycles. The topological polar surface area (TPSA) is 82.5 Å². The van der Waals surface area contributed by atoms with Crippen molar-refractivity contribution in [1.29, 1.82) is 0 Å². The number of aromatic nitrogens is 1. The molecule has 2 atom stereocenters. The zero-order valence-corrected chi connectivity index (χ0v) is 11.5. The quantitative estimate of drug-likeness (QED) is 0.880. The molecular weight excluding hydrogens is 258 g/mol. The molecule has 1 aromatic heterocycles. The largest absolute Gasteiger partial charge is 0.481 e. The molecule has 0 aliphatic carbocycles. The van der Waals surface area contributed by atoms with E-state index in [2.05, 4.69) is 10.3 Å². The summed E-state index contributed by atoms with van der Waals surface area (Å²) in [6.45, 7) is 2.74. The van der Waals surface area contributed by atoms with Gasteiger partial charge in [-0.25, -0.2) is 4.79 Å². The number of hydrogen-bond acceptors (Lipinski definition) is 3. The highest BCUT2D eigenvalue weighted by atomic mass is 16.4. The van der Waals surface area contributed by atoms with Crippen molar-refractivity contribution < 1.29 is 14.7 Å². The van der Waals surface area contributed by atoms with Crippen LogP contribution in [-0.4, -0.2) is 40.1 Å². The van der Waals surface area contributed by atoms with Gasteiger partial charge in [-0.05, 0) is 31.9 Å². The lowest BCUT2D eigenvalue weighted by Crippen LogP contribution is -2.47. The van der Waals surface area contributed by atoms with Crippen molar-refractivity contribution in [2.75, 3.05) is 13.1 Å². The Balaban J connectivity index is 1.93. The molecule has 1 unspecified atom stereocenters. The van der Waals surface area contributed by atoms with E-state index in [0.29, 0.717) is 13.0 Å². The van der Waals surface area contributed by atoms with Crippen molar-refractivity contribution in [1.82, 2.24) is 15.2 Å². The summed E-state index contributed by atoms with van der Waals surface area (Å²) in [7, 11) is 0. The van der Waals surface area contributed by atoms with Crippen LogP contribution in [0.5, 0.6) is 0 Å². The molecule has 1 fully saturated rings. The second-order valence-electron chi connectivity index (χ2n) is 5.05. The van der Waals surface area contributed by atoms with Gasteiger partial charge in [0.2, 0.25) is 0 Å². The number of carbonyl (C=O) groups is 2. The molecule has 2 rings (SSSR count). The van der Waals surface area contributed by atoms with Gasteiger partial charge in [-0.2, -0.15) is 0 Å². The van der Waals surface area contributed by atoms with Gasteiger partial charge in [-0.1, -0.05) is 6.07 Å². The molecule has 0 radical (unpaired) electrons. The minimum absolute atomic E-state index is 0.200. The fourth-order valence-corrected chi connectivity index (χ4v) is 2.35. The van der Waals surface area contributed by atoms with Crippen LogP contribution < -0.4 is 5.32 Å². The van der Waals surface area contributed by atoms with E-state index in [1.54, 1.807) is 11.1 Å². The van der Waals surface area contributed by atoms with Crippen molar-refractivity contribution in [2.45, 2.75) is 25.8 Å². The van der Waals surface area contributed by atoms with Gasteiger partial charge in [0.25, 0.3) is 0 Å². The smallest absolute Gasteiger partial charge is 0.317 e. The maximum Gasteiger partial charge on any atom is 0.317 e. The highest BCUT2D eigenvalue weighted by molar-refractivity contribution is 5.76. The van der Waals surface area contributed by atoms with Gasteiger partial charge in [0.1, 0.15) is 0 Å². The lowest BCUT2D eigenvalue weighted by molar-refractivity contribution is -0.143. The maximum absolute atomic E-state index is 12.1. The summed E-state index contributed by atoms with van der Waals surface area (Å²) in [5.41, 5.74) is 0.785. The van der Waals surface area contributed by atoms with Gasteiger partial charge >= 0.3 is 12.0 Å². The molecule has 0 aromatic carbocycles. The molecule has 1 aliphatic heterocycles. The van der Waals surface area contributed by atoms with Crippen molar-refractivity contribution in [3.8, 4) is 0 Å². The van der Waals surface area contributed by atoms with Crippen LogP contribution in [0.15, 0.2) is 24.4 Å². The van der Waals surface area contributed by atoms with Gasteiger partial charge < -0.3 is 15.3 Å². The predicted molar refractivity (Wildman–Crippen MR) is 73.1 cm³/mol. The molecule has 6 heteroatoms. The van der Waals surface area contributed by atoms with Gasteiger partial charge in [0, 0.05) is 19.3 Å². The highest BCUT2D eigenvalue weighted by Crippen LogP contribution is 2.17. The number of nitrogens with zero attached hydrogens (tertiary/aromatic N) is 2. The Kier molecular flexibility index (Phi) is 4.55. The Labute approximate surface area is 117 Å². The summed E-state index contributed by atoms with van der Waals surface area (Å²) in [6, 6.07) is 5.11. The van der Waals surface area contributed by atoms with Crippen LogP contribution in [-0.2, 0) is 4.79 Å². The summed E-state index contributed by atoms with van der Waals surface area (Å²) in [5.74, 6) is -1.29. The average molecular weight is 277 g/mol. The molecule has 0 bridgehead atoms. The second-order valence-corrected chi connectivity index (χ2v) is 5.05. The Morgan fingerprint density at radius 3 is 2.95 bits per heavy atom. The summed E-state index contributed by atoms with van der Waals surface area (Å²) < 4.78 is 0. The average Bonchev–Trinajstić information content (AvgIpc) is 2.48. The normalized spacial score (nSPS) is 20.2. The molecule has 108 valence electrons. The van der Waals surface area contributed by atoms with E-state index in [9.17, 15) is 9.59 Å². The van der Waals surface area contributed by atoms with E-state index in [0.717, 1.165) is 12.1 Å². The third-order valence-corrected chi connectivity index (χ3v) is 3.53. The van der Waals surface area contributed by atoms with Crippen molar-refractivity contribution in [3.05, 3.63) is 30.1 Å². The van der Waals surface area contributed by atoms with E-state index >= 15 is 0 Å². The Morgan fingerprint density at radius 2 is 2.30 bits per heavy atom. The van der Waals surface area contributed by atoms with Crippen molar-refractivity contribution in [2.24, 2.45) is 5.92 Å². The molecule has 1 aliphatic rings. The molecule has 6 nitrogen and oxygen atoms in total. The fourth-order valence-electron chi connectivity index (χ4n) is 2.35. The van der Waals surface area contributed by atoms with E-state index in [4.69, 9.17) is 5.11 Å². The van der Waals surface area contributed by atoms with Gasteiger partial charge in [0.15, 0.2) is 0 Å². The second kappa shape index (κ2) is 6.36. The number of hydrogen-bond donors (Lipinski definition) is 2. The summed E-state index contributed by atoms with van der Waals surface area (Å²) in [4.78, 5) is 28.9. The number of nitrogens with one attached hydrogen (secondary N) is 1. The van der Waals surface area contributed by atoms with Crippen LogP contribution in [0, 0.1) is 5.92 Å². The number of carbonyl (C=O) groups excluding carboxylic acids is 1. The molecule has 2 heterocycles. The maximum atomic E-state index is 12.1. The summed E-state index contributed by atoms with van der Waals surface area (Å²) in [6.07, 6.45) is 3.04. The van der Waals surface area contributed by atoms with Gasteiger partial charge in [0.05, 0.1) is 17.7 Å². The number of aliphatic carboxylic acids is 1. The molecular formula is C14H19N3O3. The van der Waals surface area contributed by atoms with Crippen LogP contribution in [0.4, 0.5) is 4.79 Å². The van der Waals surface area contributed by atoms with E-state index < -0.39 is 11.9 Å². The monoisotopic (exact) mass is 277 g/mol. The number of amides is 2. The Morgan fingerprint density at radius 1 is 1.50 bits per heavy atom. The number of rotatable bonds is 3. The lowest BCUT2D eigenvalue weighted by atomic mass is 9.99. The van der Waals surface area contributed by atoms with Crippen molar-refractivity contribution >= 4 is 12.0 Å². The molecule has 2 amide bonds. The number of likely N-dealkylation sites (tertiary alicyclic amines) is 1. The van der Waals surface area contributed by atoms with Crippen LogP contribution in [0.3, 0.4) is 0 Å². The first-order chi connectivity index (χ1) is 9.58. The van der Waals surface area contributed by atoms with E-state index in [-0.39, 0.29) is 18.6 Å². The Hall–Kier alpha value is -2.11. The van der Waals surface area contributed by atoms with Crippen LogP contribution in [0.1, 0.15) is 31.5 Å². The highest BCUT2D eigenvalue weighted by Gasteiger charge is 2.28. The number of pyridine rings is 1. The van der Waals surface area contributed by atoms with E-state index in [1.165, 1.54) is 0 Å². The summed E-state index contributed by atoms with van der Waals surface area (Å²) >= 11 is 0. The van der Waals surface area contributed by atoms with Crippen molar-refractivity contribution in [3.63, 3.8) is 0 Å². The molecule has 1 aromatic rings. The minimum Gasteiger partial charge on any atom is -0.481 e. The first-order valence-electron chi connectivity index (χ1n) is 6.77. The number of piperidine rings is 1. The third-order valence-electron chi connectivity index (χ3n) is 3.53. The van der Waals surface area contributed by atoms with Gasteiger partial charge in [-0.15, -0.1) is 0 Å². The summed E-state index contributed by atoms with van der Waals surface area (Å²) in [5, 5.41) is 11.9. The van der Waals surface area contributed by atoms with Crippen LogP contribution >= 0.6 is 0 Å². The zero-order valence-electron chi connectivity index (χ0n) is 11.5. The fraction of sp³-hybridized carbons (Fsp3) is 0.500. The number of urea groups is 1. The first-order valence-corrected chi connectivity index (χ1v) is 6.77. The molecule has 20 heavy (non-hydrogen) atoms. The molecule has 0 spiro atoms. The lowest BCUT2D eigenvalue weighted by Gasteiger charge is -2.31.